The minimum Gasteiger partial charge on any atom is -0.299 e. The summed E-state index contributed by atoms with van der Waals surface area (Å²) in [7, 11) is 4.01. The molecular weight excluding hydrogens is 317 g/mol. The fourth-order valence-electron chi connectivity index (χ4n) is 3.66. The normalized spacial score (nSPS) is 18.1. The van der Waals surface area contributed by atoms with Crippen LogP contribution in [0.3, 0.4) is 0 Å². The molecule has 0 amide bonds. The van der Waals surface area contributed by atoms with Crippen LogP contribution in [0.15, 0.2) is 18.2 Å². The molecule has 2 nitrogen and oxygen atoms in total. The van der Waals surface area contributed by atoms with E-state index in [-0.39, 0.29) is 11.5 Å². The summed E-state index contributed by atoms with van der Waals surface area (Å²) < 4.78 is 0. The summed E-state index contributed by atoms with van der Waals surface area (Å²) in [6.45, 7) is 2.12. The number of ketones is 1. The first-order chi connectivity index (χ1) is 10.4. The van der Waals surface area contributed by atoms with Gasteiger partial charge in [-0.05, 0) is 51.1 Å². The van der Waals surface area contributed by atoms with Crippen LogP contribution in [0.5, 0.6) is 0 Å². The summed E-state index contributed by atoms with van der Waals surface area (Å²) in [5.74, 6) is 0.345. The second-order valence-electron chi connectivity index (χ2n) is 6.57. The highest BCUT2D eigenvalue weighted by Gasteiger charge is 2.49. The number of carbonyl (C=O) groups excluding carboxylic acids is 1. The lowest BCUT2D eigenvalue weighted by molar-refractivity contribution is -0.127. The van der Waals surface area contributed by atoms with E-state index >= 15 is 0 Å². The maximum Gasteiger partial charge on any atom is 0.150 e. The van der Waals surface area contributed by atoms with Gasteiger partial charge >= 0.3 is 0 Å². The lowest BCUT2D eigenvalue weighted by Crippen LogP contribution is -2.56. The molecule has 122 valence electrons. The number of Topliss-reactive ketones (excluding diaryl/α,β-unsaturated/α-hetero) is 1. The van der Waals surface area contributed by atoms with E-state index in [1.54, 1.807) is 0 Å². The van der Waals surface area contributed by atoms with E-state index in [0.717, 1.165) is 37.7 Å². The molecular formula is C18H25Cl2NO. The zero-order valence-corrected chi connectivity index (χ0v) is 15.2. The number of benzene rings is 1. The highest BCUT2D eigenvalue weighted by atomic mass is 35.5. The van der Waals surface area contributed by atoms with Crippen molar-refractivity contribution >= 4 is 29.0 Å². The molecule has 2 rings (SSSR count). The van der Waals surface area contributed by atoms with Gasteiger partial charge in [-0.1, -0.05) is 49.0 Å². The summed E-state index contributed by atoms with van der Waals surface area (Å²) in [5.41, 5.74) is 1.04. The smallest absolute Gasteiger partial charge is 0.150 e. The van der Waals surface area contributed by atoms with Crippen LogP contribution in [0, 0.1) is 0 Å². The van der Waals surface area contributed by atoms with Crippen molar-refractivity contribution in [1.82, 2.24) is 4.90 Å². The third-order valence-corrected chi connectivity index (χ3v) is 5.60. The van der Waals surface area contributed by atoms with Gasteiger partial charge in [0, 0.05) is 11.8 Å². The molecule has 1 aromatic carbocycles. The Hall–Kier alpha value is -0.570. The van der Waals surface area contributed by atoms with Gasteiger partial charge in [0.05, 0.1) is 16.1 Å². The van der Waals surface area contributed by atoms with Crippen LogP contribution in [-0.4, -0.2) is 30.8 Å². The molecule has 0 spiro atoms. The maximum atomic E-state index is 12.8. The number of hydrogen-bond donors (Lipinski definition) is 0. The summed E-state index contributed by atoms with van der Waals surface area (Å²) in [6.07, 6.45) is 5.89. The van der Waals surface area contributed by atoms with Gasteiger partial charge in [0.15, 0.2) is 5.78 Å². The molecule has 0 aromatic heterocycles. The van der Waals surface area contributed by atoms with E-state index in [0.29, 0.717) is 22.2 Å². The molecule has 1 aromatic rings. The summed E-state index contributed by atoms with van der Waals surface area (Å²) in [4.78, 5) is 14.9. The van der Waals surface area contributed by atoms with E-state index in [1.807, 2.05) is 32.3 Å². The van der Waals surface area contributed by atoms with Crippen LogP contribution in [0.25, 0.3) is 0 Å². The fourth-order valence-corrected chi connectivity index (χ4v) is 3.96. The molecule has 4 heteroatoms. The Morgan fingerprint density at radius 1 is 1.27 bits per heavy atom. The van der Waals surface area contributed by atoms with E-state index in [2.05, 4.69) is 11.8 Å². The standard InChI is InChI=1S/C18H25Cl2NO/c1-4-5-7-16(22)17(21(2)3)18(10-6-11-18)13-8-9-14(19)15(20)12-13/h8-9,12,17H,4-7,10-11H2,1-3H3. The lowest BCUT2D eigenvalue weighted by Gasteiger charge is -2.50. The van der Waals surface area contributed by atoms with Gasteiger partial charge in [-0.15, -0.1) is 0 Å². The molecule has 1 saturated carbocycles. The second kappa shape index (κ2) is 7.33. The van der Waals surface area contributed by atoms with Gasteiger partial charge in [0.25, 0.3) is 0 Å². The predicted octanol–water partition coefficient (Wildman–Crippen LogP) is 5.10. The van der Waals surface area contributed by atoms with Crippen LogP contribution < -0.4 is 0 Å². The molecule has 0 aliphatic heterocycles. The highest BCUT2D eigenvalue weighted by Crippen LogP contribution is 2.49. The topological polar surface area (TPSA) is 20.3 Å². The molecule has 0 N–H and O–H groups in total. The number of hydrogen-bond acceptors (Lipinski definition) is 2. The molecule has 1 aliphatic carbocycles. The second-order valence-corrected chi connectivity index (χ2v) is 7.39. The molecule has 22 heavy (non-hydrogen) atoms. The average Bonchev–Trinajstić information content (AvgIpc) is 2.42. The van der Waals surface area contributed by atoms with Gasteiger partial charge in [0.2, 0.25) is 0 Å². The van der Waals surface area contributed by atoms with E-state index in [9.17, 15) is 4.79 Å². The SMILES string of the molecule is CCCCC(=O)C(N(C)C)C1(c2ccc(Cl)c(Cl)c2)CCC1. The van der Waals surface area contributed by atoms with Crippen molar-refractivity contribution < 1.29 is 4.79 Å². The average molecular weight is 342 g/mol. The van der Waals surface area contributed by atoms with Crippen molar-refractivity contribution in [3.8, 4) is 0 Å². The summed E-state index contributed by atoms with van der Waals surface area (Å²) in [5, 5.41) is 1.14. The predicted molar refractivity (Wildman–Crippen MR) is 94.0 cm³/mol. The van der Waals surface area contributed by atoms with Gasteiger partial charge in [-0.2, -0.15) is 0 Å². The minimum atomic E-state index is -0.109. The Balaban J connectivity index is 2.36. The number of carbonyl (C=O) groups is 1. The lowest BCUT2D eigenvalue weighted by atomic mass is 9.58. The Morgan fingerprint density at radius 2 is 1.95 bits per heavy atom. The van der Waals surface area contributed by atoms with Gasteiger partial charge < -0.3 is 0 Å². The first-order valence-corrected chi connectivity index (χ1v) is 8.82. The van der Waals surface area contributed by atoms with E-state index < -0.39 is 0 Å². The molecule has 1 unspecified atom stereocenters. The zero-order valence-electron chi connectivity index (χ0n) is 13.7. The number of rotatable bonds is 7. The third kappa shape index (κ3) is 3.34. The number of halogens is 2. The van der Waals surface area contributed by atoms with Crippen molar-refractivity contribution in [2.45, 2.75) is 56.9 Å². The maximum absolute atomic E-state index is 12.8. The molecule has 0 radical (unpaired) electrons. The Labute approximate surface area is 143 Å². The van der Waals surface area contributed by atoms with Gasteiger partial charge in [0.1, 0.15) is 0 Å². The largest absolute Gasteiger partial charge is 0.299 e. The molecule has 1 aliphatic rings. The van der Waals surface area contributed by atoms with Gasteiger partial charge in [-0.25, -0.2) is 0 Å². The first kappa shape index (κ1) is 17.8. The quantitative estimate of drug-likeness (QED) is 0.687. The molecule has 0 saturated heterocycles. The Kier molecular flexibility index (Phi) is 5.93. The van der Waals surface area contributed by atoms with E-state index in [4.69, 9.17) is 23.2 Å². The van der Waals surface area contributed by atoms with Crippen LogP contribution in [0.4, 0.5) is 0 Å². The van der Waals surface area contributed by atoms with Crippen LogP contribution in [0.2, 0.25) is 10.0 Å². The molecule has 0 heterocycles. The fraction of sp³-hybridized carbons (Fsp3) is 0.611. The highest BCUT2D eigenvalue weighted by molar-refractivity contribution is 6.42. The number of nitrogens with zero attached hydrogens (tertiary/aromatic N) is 1. The monoisotopic (exact) mass is 341 g/mol. The first-order valence-electron chi connectivity index (χ1n) is 8.07. The molecule has 1 atom stereocenters. The number of unbranched alkanes of at least 4 members (excludes halogenated alkanes) is 1. The molecule has 1 fully saturated rings. The Morgan fingerprint density at radius 3 is 2.41 bits per heavy atom. The van der Waals surface area contributed by atoms with Crippen molar-refractivity contribution in [3.63, 3.8) is 0 Å². The summed E-state index contributed by atoms with van der Waals surface area (Å²) >= 11 is 12.3. The third-order valence-electron chi connectivity index (χ3n) is 4.86. The van der Waals surface area contributed by atoms with Crippen molar-refractivity contribution in [2.75, 3.05) is 14.1 Å². The van der Waals surface area contributed by atoms with Gasteiger partial charge in [-0.3, -0.25) is 9.69 Å². The van der Waals surface area contributed by atoms with Crippen LogP contribution >= 0.6 is 23.2 Å². The van der Waals surface area contributed by atoms with Crippen LogP contribution in [0.1, 0.15) is 51.0 Å². The van der Waals surface area contributed by atoms with Crippen molar-refractivity contribution in [2.24, 2.45) is 0 Å². The van der Waals surface area contributed by atoms with E-state index in [1.165, 1.54) is 0 Å². The zero-order chi connectivity index (χ0) is 16.3. The minimum absolute atomic E-state index is 0.0787. The van der Waals surface area contributed by atoms with Crippen molar-refractivity contribution in [1.29, 1.82) is 0 Å². The number of likely N-dealkylation sites (N-methyl/N-ethyl adjacent to an activating group) is 1. The summed E-state index contributed by atoms with van der Waals surface area (Å²) in [6, 6.07) is 5.76. The van der Waals surface area contributed by atoms with Crippen molar-refractivity contribution in [3.05, 3.63) is 33.8 Å². The van der Waals surface area contributed by atoms with Crippen LogP contribution in [-0.2, 0) is 10.2 Å². The molecule has 0 bridgehead atoms. The Bertz CT molecular complexity index is 538.